The number of hydrogen-bond acceptors (Lipinski definition) is 3. The first-order valence-corrected chi connectivity index (χ1v) is 5.75. The fraction of sp³-hybridized carbons (Fsp3) is 0.308. The summed E-state index contributed by atoms with van der Waals surface area (Å²) in [5, 5.41) is 3.19. The van der Waals surface area contributed by atoms with E-state index in [1.54, 1.807) is 0 Å². The molecule has 0 radical (unpaired) electrons. The Morgan fingerprint density at radius 2 is 1.88 bits per heavy atom. The zero-order valence-electron chi connectivity index (χ0n) is 10.4. The van der Waals surface area contributed by atoms with Crippen LogP contribution in [0.25, 0.3) is 0 Å². The van der Waals surface area contributed by atoms with Crippen LogP contribution in [0, 0.1) is 6.92 Å². The van der Waals surface area contributed by atoms with Gasteiger partial charge in [0.25, 0.3) is 0 Å². The van der Waals surface area contributed by atoms with Crippen LogP contribution >= 0.6 is 0 Å². The lowest BCUT2D eigenvalue weighted by atomic mass is 10.0. The minimum absolute atomic E-state index is 0.543. The van der Waals surface area contributed by atoms with E-state index in [-0.39, 0.29) is 0 Å². The van der Waals surface area contributed by atoms with Gasteiger partial charge in [0.2, 0.25) is 0 Å². The van der Waals surface area contributed by atoms with Gasteiger partial charge in [-0.05, 0) is 30.5 Å². The van der Waals surface area contributed by atoms with Gasteiger partial charge in [0.15, 0.2) is 5.82 Å². The summed E-state index contributed by atoms with van der Waals surface area (Å²) < 4.78 is 0. The van der Waals surface area contributed by atoms with Crippen molar-refractivity contribution in [2.24, 2.45) is 0 Å². The number of nitrogen functional groups attached to an aromatic ring is 1. The highest BCUT2D eigenvalue weighted by Gasteiger charge is 2.05. The Kier molecular flexibility index (Phi) is 3.04. The molecule has 0 saturated carbocycles. The summed E-state index contributed by atoms with van der Waals surface area (Å²) in [7, 11) is 0. The molecule has 2 rings (SSSR count). The van der Waals surface area contributed by atoms with Crippen LogP contribution in [0.4, 0.5) is 17.3 Å². The van der Waals surface area contributed by atoms with Crippen molar-refractivity contribution in [2.45, 2.75) is 26.7 Å². The Labute approximate surface area is 101 Å². The van der Waals surface area contributed by atoms with E-state index < -0.39 is 0 Å². The number of aryl methyl sites for hydroxylation is 1. The van der Waals surface area contributed by atoms with Gasteiger partial charge >= 0.3 is 0 Å². The lowest BCUT2D eigenvalue weighted by Gasteiger charge is -2.07. The summed E-state index contributed by atoms with van der Waals surface area (Å²) in [4.78, 5) is 7.23. The van der Waals surface area contributed by atoms with Gasteiger partial charge in [0, 0.05) is 5.69 Å². The van der Waals surface area contributed by atoms with Crippen LogP contribution in [0.1, 0.15) is 31.2 Å². The van der Waals surface area contributed by atoms with Crippen LogP contribution in [-0.4, -0.2) is 9.97 Å². The van der Waals surface area contributed by atoms with Crippen LogP contribution in [0.3, 0.4) is 0 Å². The largest absolute Gasteiger partial charge is 0.382 e. The van der Waals surface area contributed by atoms with Gasteiger partial charge in [-0.25, -0.2) is 4.98 Å². The average molecular weight is 230 g/mol. The maximum atomic E-state index is 5.79. The Morgan fingerprint density at radius 1 is 1.24 bits per heavy atom. The second kappa shape index (κ2) is 4.49. The second-order valence-electron chi connectivity index (χ2n) is 4.49. The van der Waals surface area contributed by atoms with E-state index in [0.717, 1.165) is 11.5 Å². The van der Waals surface area contributed by atoms with Crippen LogP contribution in [0.2, 0.25) is 0 Å². The molecule has 0 fully saturated rings. The zero-order chi connectivity index (χ0) is 12.4. The van der Waals surface area contributed by atoms with Crippen LogP contribution < -0.4 is 11.1 Å². The molecular formula is C13H18N4. The molecule has 0 aliphatic rings. The van der Waals surface area contributed by atoms with Crippen molar-refractivity contribution in [3.05, 3.63) is 35.7 Å². The first-order valence-electron chi connectivity index (χ1n) is 5.75. The van der Waals surface area contributed by atoms with E-state index in [2.05, 4.69) is 41.3 Å². The fourth-order valence-corrected chi connectivity index (χ4v) is 1.69. The molecule has 0 saturated heterocycles. The minimum Gasteiger partial charge on any atom is -0.382 e. The van der Waals surface area contributed by atoms with E-state index in [9.17, 15) is 0 Å². The summed E-state index contributed by atoms with van der Waals surface area (Å²) in [5.41, 5.74) is 8.10. The third kappa shape index (κ3) is 2.58. The van der Waals surface area contributed by atoms with Crippen LogP contribution in [-0.2, 0) is 0 Å². The maximum Gasteiger partial charge on any atom is 0.173 e. The minimum atomic E-state index is 0.543. The number of rotatable bonds is 3. The van der Waals surface area contributed by atoms with Crippen molar-refractivity contribution in [3.8, 4) is 0 Å². The molecule has 4 heteroatoms. The molecular weight excluding hydrogens is 212 g/mol. The number of anilines is 3. The van der Waals surface area contributed by atoms with Gasteiger partial charge in [0.05, 0.1) is 0 Å². The Balaban J connectivity index is 2.16. The second-order valence-corrected chi connectivity index (χ2v) is 4.49. The Hall–Kier alpha value is -1.97. The maximum absolute atomic E-state index is 5.79. The van der Waals surface area contributed by atoms with Crippen molar-refractivity contribution < 1.29 is 0 Å². The Bertz CT molecular complexity index is 497. The number of H-pyrrole nitrogens is 1. The van der Waals surface area contributed by atoms with E-state index in [1.165, 1.54) is 5.56 Å². The van der Waals surface area contributed by atoms with Crippen LogP contribution in [0.5, 0.6) is 0 Å². The first kappa shape index (κ1) is 11.5. The highest BCUT2D eigenvalue weighted by Crippen LogP contribution is 2.22. The third-order valence-electron chi connectivity index (χ3n) is 2.69. The average Bonchev–Trinajstić information content (AvgIpc) is 2.58. The molecule has 1 heterocycles. The third-order valence-corrected chi connectivity index (χ3v) is 2.69. The molecule has 0 atom stereocenters. The molecule has 1 aromatic heterocycles. The predicted molar refractivity (Wildman–Crippen MR) is 71.6 cm³/mol. The normalized spacial score (nSPS) is 10.8. The number of aromatic amines is 1. The lowest BCUT2D eigenvalue weighted by Crippen LogP contribution is -1.96. The topological polar surface area (TPSA) is 66.7 Å². The van der Waals surface area contributed by atoms with Crippen molar-refractivity contribution in [2.75, 3.05) is 11.1 Å². The Morgan fingerprint density at radius 3 is 2.35 bits per heavy atom. The van der Waals surface area contributed by atoms with Crippen molar-refractivity contribution in [1.29, 1.82) is 0 Å². The number of nitrogens with zero attached hydrogens (tertiary/aromatic N) is 1. The molecule has 0 amide bonds. The quantitative estimate of drug-likeness (QED) is 0.758. The van der Waals surface area contributed by atoms with Crippen molar-refractivity contribution >= 4 is 17.3 Å². The molecule has 0 spiro atoms. The lowest BCUT2D eigenvalue weighted by molar-refractivity contribution is 0.867. The molecule has 0 aliphatic heterocycles. The molecule has 1 aromatic carbocycles. The summed E-state index contributed by atoms with van der Waals surface area (Å²) in [6, 6.07) is 8.31. The predicted octanol–water partition coefficient (Wildman–Crippen LogP) is 3.17. The van der Waals surface area contributed by atoms with Gasteiger partial charge in [-0.1, -0.05) is 26.0 Å². The van der Waals surface area contributed by atoms with Crippen molar-refractivity contribution in [3.63, 3.8) is 0 Å². The number of hydrogen-bond donors (Lipinski definition) is 3. The highest BCUT2D eigenvalue weighted by atomic mass is 15.1. The molecule has 0 unspecified atom stereocenters. The molecule has 90 valence electrons. The molecule has 4 N–H and O–H groups in total. The molecule has 17 heavy (non-hydrogen) atoms. The van der Waals surface area contributed by atoms with Gasteiger partial charge < -0.3 is 16.0 Å². The summed E-state index contributed by atoms with van der Waals surface area (Å²) in [6.07, 6.45) is 0. The van der Waals surface area contributed by atoms with Crippen molar-refractivity contribution in [1.82, 2.24) is 9.97 Å². The number of nitrogens with two attached hydrogens (primary N) is 1. The fourth-order valence-electron chi connectivity index (χ4n) is 1.69. The molecule has 4 nitrogen and oxygen atoms in total. The van der Waals surface area contributed by atoms with E-state index >= 15 is 0 Å². The standard InChI is InChI=1S/C13H18N4/c1-8(2)10-4-6-11(7-5-10)17-13-12(14)15-9(3)16-13/h4-8,17H,14H2,1-3H3,(H,15,16). The number of nitrogens with one attached hydrogen (secondary N) is 2. The number of aromatic nitrogens is 2. The van der Waals surface area contributed by atoms with E-state index in [4.69, 9.17) is 5.73 Å². The SMILES string of the molecule is Cc1nc(Nc2ccc(C(C)C)cc2)c(N)[nH]1. The number of imidazole rings is 1. The summed E-state index contributed by atoms with van der Waals surface area (Å²) >= 11 is 0. The zero-order valence-corrected chi connectivity index (χ0v) is 10.4. The van der Waals surface area contributed by atoms with Gasteiger partial charge in [-0.15, -0.1) is 0 Å². The highest BCUT2D eigenvalue weighted by molar-refractivity contribution is 5.66. The number of benzene rings is 1. The summed E-state index contributed by atoms with van der Waals surface area (Å²) in [6.45, 7) is 6.23. The van der Waals surface area contributed by atoms with Gasteiger partial charge in [-0.2, -0.15) is 0 Å². The van der Waals surface area contributed by atoms with Gasteiger partial charge in [0.1, 0.15) is 11.6 Å². The van der Waals surface area contributed by atoms with Crippen LogP contribution in [0.15, 0.2) is 24.3 Å². The van der Waals surface area contributed by atoms with E-state index in [0.29, 0.717) is 17.6 Å². The first-order chi connectivity index (χ1) is 8.06. The molecule has 0 bridgehead atoms. The van der Waals surface area contributed by atoms with Gasteiger partial charge in [-0.3, -0.25) is 0 Å². The van der Waals surface area contributed by atoms with E-state index in [1.807, 2.05) is 19.1 Å². The molecule has 2 aromatic rings. The summed E-state index contributed by atoms with van der Waals surface area (Å²) in [5.74, 6) is 2.60. The smallest absolute Gasteiger partial charge is 0.173 e. The monoisotopic (exact) mass is 230 g/mol. The molecule has 0 aliphatic carbocycles.